The summed E-state index contributed by atoms with van der Waals surface area (Å²) in [5.74, 6) is -1.68. The summed E-state index contributed by atoms with van der Waals surface area (Å²) >= 11 is 0. The third-order valence-electron chi connectivity index (χ3n) is 5.27. The number of alkyl halides is 3. The van der Waals surface area contributed by atoms with Crippen LogP contribution in [0.1, 0.15) is 29.3 Å². The van der Waals surface area contributed by atoms with Crippen molar-refractivity contribution in [2.24, 2.45) is 0 Å². The zero-order chi connectivity index (χ0) is 27.3. The molecule has 1 aromatic carbocycles. The Hall–Kier alpha value is -4.20. The van der Waals surface area contributed by atoms with Gasteiger partial charge in [0.25, 0.3) is 5.91 Å². The first-order valence-corrected chi connectivity index (χ1v) is 11.0. The van der Waals surface area contributed by atoms with E-state index in [1.54, 1.807) is 4.57 Å². The molecule has 0 radical (unpaired) electrons. The summed E-state index contributed by atoms with van der Waals surface area (Å²) in [5, 5.41) is 25.7. The van der Waals surface area contributed by atoms with Crippen LogP contribution in [-0.2, 0) is 12.7 Å². The highest BCUT2D eigenvalue weighted by atomic mass is 19.4. The number of aryl methyl sites for hydroxylation is 1. The van der Waals surface area contributed by atoms with E-state index in [0.717, 1.165) is 12.1 Å². The third-order valence-corrected chi connectivity index (χ3v) is 5.27. The van der Waals surface area contributed by atoms with Crippen molar-refractivity contribution in [3.8, 4) is 11.1 Å². The lowest BCUT2D eigenvalue weighted by Gasteiger charge is -2.10. The fraction of sp³-hybridized carbons (Fsp3) is 0.304. The molecule has 3 aromatic rings. The lowest BCUT2D eigenvalue weighted by Crippen LogP contribution is -2.30. The van der Waals surface area contributed by atoms with Gasteiger partial charge >= 0.3 is 11.9 Å². The fourth-order valence-corrected chi connectivity index (χ4v) is 3.48. The highest BCUT2D eigenvalue weighted by molar-refractivity contribution is 6.01. The number of halogens is 4. The Morgan fingerprint density at radius 1 is 1.24 bits per heavy atom. The number of anilines is 2. The van der Waals surface area contributed by atoms with Crippen LogP contribution >= 0.6 is 0 Å². The summed E-state index contributed by atoms with van der Waals surface area (Å²) in [7, 11) is 0. The minimum Gasteiger partial charge on any atom is -0.392 e. The SMILES string of the molecule is C[C@@H](O)CNC(=O)c1cn(CCCNc2ccc([N+](=O)[O-])c(N)n2)cc1-c1ccc(C(F)(F)F)cc1F. The predicted octanol–water partition coefficient (Wildman–Crippen LogP) is 3.81. The summed E-state index contributed by atoms with van der Waals surface area (Å²) in [6, 6.07) is 4.70. The van der Waals surface area contributed by atoms with Crippen LogP contribution < -0.4 is 16.4 Å². The van der Waals surface area contributed by atoms with Crippen molar-refractivity contribution in [3.63, 3.8) is 0 Å². The van der Waals surface area contributed by atoms with Crippen molar-refractivity contribution < 1.29 is 32.4 Å². The largest absolute Gasteiger partial charge is 0.416 e. The van der Waals surface area contributed by atoms with Gasteiger partial charge < -0.3 is 26.0 Å². The van der Waals surface area contributed by atoms with Gasteiger partial charge in [-0.25, -0.2) is 9.37 Å². The molecule has 0 aliphatic rings. The van der Waals surface area contributed by atoms with Crippen molar-refractivity contribution in [1.29, 1.82) is 0 Å². The molecule has 1 amide bonds. The first-order valence-electron chi connectivity index (χ1n) is 11.0. The zero-order valence-corrected chi connectivity index (χ0v) is 19.6. The molecular weight excluding hydrogens is 500 g/mol. The molecule has 0 unspecified atom stereocenters. The lowest BCUT2D eigenvalue weighted by molar-refractivity contribution is -0.384. The topological polar surface area (TPSA) is 148 Å². The molecule has 3 rings (SSSR count). The van der Waals surface area contributed by atoms with Gasteiger partial charge in [0.1, 0.15) is 11.6 Å². The minimum atomic E-state index is -4.72. The van der Waals surface area contributed by atoms with Crippen LogP contribution in [0.15, 0.2) is 42.7 Å². The number of carbonyl (C=O) groups excluding carboxylic acids is 1. The maximum Gasteiger partial charge on any atom is 0.416 e. The van der Waals surface area contributed by atoms with Crippen LogP contribution in [0.2, 0.25) is 0 Å². The van der Waals surface area contributed by atoms with E-state index in [0.29, 0.717) is 31.4 Å². The number of nitrogens with one attached hydrogen (secondary N) is 2. The molecule has 0 aliphatic heterocycles. The normalized spacial score (nSPS) is 12.3. The summed E-state index contributed by atoms with van der Waals surface area (Å²) in [6.07, 6.45) is -2.21. The minimum absolute atomic E-state index is 0.0251. The maximum absolute atomic E-state index is 14.7. The van der Waals surface area contributed by atoms with E-state index in [4.69, 9.17) is 5.73 Å². The van der Waals surface area contributed by atoms with E-state index >= 15 is 0 Å². The van der Waals surface area contributed by atoms with Gasteiger partial charge in [-0.1, -0.05) is 6.07 Å². The van der Waals surface area contributed by atoms with E-state index in [9.17, 15) is 37.6 Å². The van der Waals surface area contributed by atoms with Gasteiger partial charge in [-0.2, -0.15) is 13.2 Å². The first kappa shape index (κ1) is 27.4. The molecule has 2 aromatic heterocycles. The number of nitrogen functional groups attached to an aromatic ring is 1. The molecule has 0 fully saturated rings. The van der Waals surface area contributed by atoms with Gasteiger partial charge in [0.15, 0.2) is 0 Å². The second-order valence-electron chi connectivity index (χ2n) is 8.21. The molecule has 0 aliphatic carbocycles. The van der Waals surface area contributed by atoms with Crippen LogP contribution in [0.5, 0.6) is 0 Å². The molecular formula is C23H24F4N6O4. The van der Waals surface area contributed by atoms with E-state index in [2.05, 4.69) is 15.6 Å². The number of aromatic nitrogens is 2. The number of aliphatic hydroxyl groups excluding tert-OH is 1. The van der Waals surface area contributed by atoms with E-state index in [1.807, 2.05) is 0 Å². The number of rotatable bonds is 10. The molecule has 37 heavy (non-hydrogen) atoms. The van der Waals surface area contributed by atoms with E-state index in [-0.39, 0.29) is 34.7 Å². The summed E-state index contributed by atoms with van der Waals surface area (Å²) in [4.78, 5) is 26.8. The number of amides is 1. The average molecular weight is 524 g/mol. The number of hydrogen-bond acceptors (Lipinski definition) is 7. The number of nitrogens with two attached hydrogens (primary N) is 1. The number of aliphatic hydroxyl groups is 1. The van der Waals surface area contributed by atoms with Crippen LogP contribution in [0.4, 0.5) is 34.9 Å². The Kier molecular flexibility index (Phi) is 8.32. The molecule has 1 atom stereocenters. The number of benzene rings is 1. The number of nitrogens with zero attached hydrogens (tertiary/aromatic N) is 3. The Labute approximate surface area is 208 Å². The molecule has 14 heteroatoms. The van der Waals surface area contributed by atoms with Gasteiger partial charge in [0.05, 0.1) is 22.2 Å². The van der Waals surface area contributed by atoms with Crippen molar-refractivity contribution >= 4 is 23.2 Å². The van der Waals surface area contributed by atoms with Crippen molar-refractivity contribution in [1.82, 2.24) is 14.9 Å². The van der Waals surface area contributed by atoms with Crippen LogP contribution in [0, 0.1) is 15.9 Å². The lowest BCUT2D eigenvalue weighted by atomic mass is 10.0. The second-order valence-corrected chi connectivity index (χ2v) is 8.21. The van der Waals surface area contributed by atoms with E-state index < -0.39 is 34.5 Å². The average Bonchev–Trinajstić information content (AvgIpc) is 3.23. The Morgan fingerprint density at radius 3 is 2.57 bits per heavy atom. The van der Waals surface area contributed by atoms with Crippen LogP contribution in [0.3, 0.4) is 0 Å². The first-order chi connectivity index (χ1) is 17.4. The van der Waals surface area contributed by atoms with Gasteiger partial charge in [0, 0.05) is 49.2 Å². The van der Waals surface area contributed by atoms with E-state index in [1.165, 1.54) is 31.5 Å². The predicted molar refractivity (Wildman–Crippen MR) is 127 cm³/mol. The molecule has 0 saturated heterocycles. The fourth-order valence-electron chi connectivity index (χ4n) is 3.48. The summed E-state index contributed by atoms with van der Waals surface area (Å²) < 4.78 is 55.1. The highest BCUT2D eigenvalue weighted by Gasteiger charge is 2.31. The summed E-state index contributed by atoms with van der Waals surface area (Å²) in [5.41, 5.74) is 4.03. The van der Waals surface area contributed by atoms with Gasteiger partial charge in [-0.3, -0.25) is 14.9 Å². The Balaban J connectivity index is 1.77. The third kappa shape index (κ3) is 6.94. The van der Waals surface area contributed by atoms with Crippen molar-refractivity contribution in [3.05, 3.63) is 69.8 Å². The molecule has 0 spiro atoms. The summed E-state index contributed by atoms with van der Waals surface area (Å²) in [6.45, 7) is 2.07. The van der Waals surface area contributed by atoms with Crippen LogP contribution in [-0.4, -0.2) is 44.7 Å². The molecule has 5 N–H and O–H groups in total. The molecule has 2 heterocycles. The monoisotopic (exact) mass is 524 g/mol. The zero-order valence-electron chi connectivity index (χ0n) is 19.6. The number of nitro groups is 1. The quantitative estimate of drug-likeness (QED) is 0.136. The number of carbonyl (C=O) groups is 1. The van der Waals surface area contributed by atoms with Crippen LogP contribution in [0.25, 0.3) is 11.1 Å². The van der Waals surface area contributed by atoms with Crippen molar-refractivity contribution in [2.75, 3.05) is 24.1 Å². The molecule has 0 saturated carbocycles. The van der Waals surface area contributed by atoms with Gasteiger partial charge in [-0.05, 0) is 31.5 Å². The molecule has 0 bridgehead atoms. The Morgan fingerprint density at radius 2 is 1.97 bits per heavy atom. The molecule has 198 valence electrons. The number of pyridine rings is 1. The standard InChI is InChI=1S/C23H24F4N6O4/c1-13(34)10-30-22(35)17-12-32(8-2-7-29-20-6-5-19(33(36)37)21(28)31-20)11-16(17)15-4-3-14(9-18(15)24)23(25,26)27/h3-6,9,11-13,34H,2,7-8,10H2,1H3,(H,30,35)(H3,28,29,31)/t13-/m1/s1. The molecule has 10 nitrogen and oxygen atoms in total. The van der Waals surface area contributed by atoms with Crippen molar-refractivity contribution in [2.45, 2.75) is 32.2 Å². The second kappa shape index (κ2) is 11.2. The Bertz CT molecular complexity index is 1290. The van der Waals surface area contributed by atoms with Gasteiger partial charge in [-0.15, -0.1) is 0 Å². The smallest absolute Gasteiger partial charge is 0.392 e. The number of hydrogen-bond donors (Lipinski definition) is 4. The van der Waals surface area contributed by atoms with Gasteiger partial charge in [0.2, 0.25) is 5.82 Å². The highest BCUT2D eigenvalue weighted by Crippen LogP contribution is 2.34. The maximum atomic E-state index is 14.7.